The number of aromatic amines is 1. The molecule has 0 aliphatic heterocycles. The van der Waals surface area contributed by atoms with Crippen molar-refractivity contribution in [2.45, 2.75) is 4.90 Å². The van der Waals surface area contributed by atoms with Gasteiger partial charge in [0, 0.05) is 16.7 Å². The molecule has 2 heterocycles. The van der Waals surface area contributed by atoms with E-state index in [2.05, 4.69) is 28.6 Å². The minimum atomic E-state index is 0.485. The zero-order valence-electron chi connectivity index (χ0n) is 13.8. The van der Waals surface area contributed by atoms with E-state index in [4.69, 9.17) is 16.6 Å². The number of benzene rings is 2. The molecule has 0 bridgehead atoms. The van der Waals surface area contributed by atoms with E-state index in [1.165, 1.54) is 4.90 Å². The number of nitriles is 1. The maximum absolute atomic E-state index is 9.33. The monoisotopic (exact) mass is 379 g/mol. The lowest BCUT2D eigenvalue weighted by Crippen LogP contribution is -1.98. The summed E-state index contributed by atoms with van der Waals surface area (Å²) in [5.41, 5.74) is 3.54. The van der Waals surface area contributed by atoms with E-state index in [0.29, 0.717) is 16.2 Å². The number of para-hydroxylation sites is 1. The van der Waals surface area contributed by atoms with Crippen LogP contribution in [0.5, 0.6) is 0 Å². The number of imidazole rings is 1. The smallest absolute Gasteiger partial charge is 0.173 e. The van der Waals surface area contributed by atoms with Gasteiger partial charge in [0.05, 0.1) is 10.7 Å². The zero-order chi connectivity index (χ0) is 18.1. The third-order valence-corrected chi connectivity index (χ3v) is 5.14. The highest BCUT2D eigenvalue weighted by Gasteiger charge is 2.18. The Hall–Kier alpha value is -2.88. The van der Waals surface area contributed by atoms with Crippen molar-refractivity contribution in [1.82, 2.24) is 14.6 Å². The molecule has 5 nitrogen and oxygen atoms in total. The van der Waals surface area contributed by atoms with Crippen LogP contribution < -0.4 is 5.32 Å². The van der Waals surface area contributed by atoms with Gasteiger partial charge in [0.2, 0.25) is 0 Å². The molecule has 0 spiro atoms. The number of thioether (sulfide) groups is 1. The fourth-order valence-corrected chi connectivity index (χ4v) is 3.35. The topological polar surface area (TPSA) is 68.9 Å². The second kappa shape index (κ2) is 6.79. The van der Waals surface area contributed by atoms with Crippen LogP contribution in [0.2, 0.25) is 5.02 Å². The second-order valence-electron chi connectivity index (χ2n) is 5.60. The molecule has 0 atom stereocenters. The number of anilines is 2. The van der Waals surface area contributed by atoms with Crippen LogP contribution >= 0.6 is 23.4 Å². The van der Waals surface area contributed by atoms with Crippen LogP contribution in [0.15, 0.2) is 59.6 Å². The predicted molar refractivity (Wildman–Crippen MR) is 106 cm³/mol. The van der Waals surface area contributed by atoms with Crippen molar-refractivity contribution in [3.05, 3.63) is 65.3 Å². The molecule has 128 valence electrons. The maximum Gasteiger partial charge on any atom is 0.173 e. The van der Waals surface area contributed by atoms with Gasteiger partial charge in [-0.05, 0) is 30.5 Å². The zero-order valence-corrected chi connectivity index (χ0v) is 15.4. The lowest BCUT2D eigenvalue weighted by molar-refractivity contribution is 0.980. The van der Waals surface area contributed by atoms with Crippen molar-refractivity contribution >= 4 is 40.5 Å². The number of aromatic nitrogens is 3. The largest absolute Gasteiger partial charge is 0.337 e. The molecule has 0 saturated heterocycles. The molecule has 4 aromatic rings. The minimum absolute atomic E-state index is 0.485. The van der Waals surface area contributed by atoms with E-state index in [1.54, 1.807) is 22.5 Å². The number of H-pyrrole nitrogens is 1. The van der Waals surface area contributed by atoms with Gasteiger partial charge in [-0.3, -0.25) is 5.10 Å². The number of rotatable bonds is 4. The van der Waals surface area contributed by atoms with Gasteiger partial charge >= 0.3 is 0 Å². The lowest BCUT2D eigenvalue weighted by atomic mass is 10.1. The van der Waals surface area contributed by atoms with E-state index >= 15 is 0 Å². The normalized spacial score (nSPS) is 10.8. The van der Waals surface area contributed by atoms with Gasteiger partial charge in [-0.15, -0.1) is 11.8 Å². The molecule has 2 aromatic heterocycles. The Labute approximate surface area is 159 Å². The first-order valence-electron chi connectivity index (χ1n) is 7.87. The van der Waals surface area contributed by atoms with Crippen molar-refractivity contribution in [3.63, 3.8) is 0 Å². The van der Waals surface area contributed by atoms with Gasteiger partial charge in [0.1, 0.15) is 17.3 Å². The van der Waals surface area contributed by atoms with Crippen molar-refractivity contribution in [2.24, 2.45) is 0 Å². The predicted octanol–water partition coefficient (Wildman–Crippen LogP) is 5.32. The molecule has 7 heteroatoms. The molecule has 0 radical (unpaired) electrons. The number of nitrogens with zero attached hydrogens (tertiary/aromatic N) is 3. The van der Waals surface area contributed by atoms with Crippen molar-refractivity contribution in [1.29, 1.82) is 5.26 Å². The number of hydrogen-bond acceptors (Lipinski definition) is 4. The molecule has 26 heavy (non-hydrogen) atoms. The third-order valence-electron chi connectivity index (χ3n) is 4.07. The molecule has 0 fully saturated rings. The van der Waals surface area contributed by atoms with Gasteiger partial charge in [0.25, 0.3) is 0 Å². The Kier molecular flexibility index (Phi) is 4.33. The van der Waals surface area contributed by atoms with Crippen LogP contribution in [-0.2, 0) is 0 Å². The average molecular weight is 380 g/mol. The van der Waals surface area contributed by atoms with Crippen molar-refractivity contribution < 1.29 is 0 Å². The van der Waals surface area contributed by atoms with E-state index in [1.807, 2.05) is 42.7 Å². The molecule has 0 amide bonds. The second-order valence-corrected chi connectivity index (χ2v) is 6.89. The fourth-order valence-electron chi connectivity index (χ4n) is 2.76. The first kappa shape index (κ1) is 16.6. The number of fused-ring (bicyclic) bond motifs is 1. The number of hydrogen-bond donors (Lipinski definition) is 2. The van der Waals surface area contributed by atoms with Gasteiger partial charge in [-0.25, -0.2) is 9.50 Å². The van der Waals surface area contributed by atoms with E-state index in [-0.39, 0.29) is 0 Å². The quantitative estimate of drug-likeness (QED) is 0.471. The van der Waals surface area contributed by atoms with E-state index in [0.717, 1.165) is 22.8 Å². The summed E-state index contributed by atoms with van der Waals surface area (Å²) in [5, 5.41) is 16.4. The molecule has 0 unspecified atom stereocenters. The summed E-state index contributed by atoms with van der Waals surface area (Å²) in [6.45, 7) is 0. The van der Waals surface area contributed by atoms with Crippen molar-refractivity contribution in [3.8, 4) is 17.3 Å². The van der Waals surface area contributed by atoms with Gasteiger partial charge < -0.3 is 5.32 Å². The SMILES string of the molecule is CSc1ccc(-c2nc3c(C#N)c[nH]n3c2Nc2ccccc2Cl)cc1. The van der Waals surface area contributed by atoms with Gasteiger partial charge in [0.15, 0.2) is 11.5 Å². The minimum Gasteiger partial charge on any atom is -0.337 e. The first-order chi connectivity index (χ1) is 12.7. The molecule has 2 aromatic carbocycles. The Morgan fingerprint density at radius 2 is 1.96 bits per heavy atom. The van der Waals surface area contributed by atoms with Crippen LogP contribution in [0.3, 0.4) is 0 Å². The van der Waals surface area contributed by atoms with Crippen LogP contribution in [0.1, 0.15) is 5.56 Å². The summed E-state index contributed by atoms with van der Waals surface area (Å²) in [5.74, 6) is 0.728. The summed E-state index contributed by atoms with van der Waals surface area (Å²) >= 11 is 7.99. The van der Waals surface area contributed by atoms with Crippen molar-refractivity contribution in [2.75, 3.05) is 11.6 Å². The molecule has 0 saturated carbocycles. The Bertz CT molecular complexity index is 1120. The molecular weight excluding hydrogens is 366 g/mol. The molecular formula is C19H14ClN5S. The summed E-state index contributed by atoms with van der Waals surface area (Å²) in [7, 11) is 0. The molecule has 0 aliphatic carbocycles. The Morgan fingerprint density at radius 3 is 2.65 bits per heavy atom. The third kappa shape index (κ3) is 2.81. The Morgan fingerprint density at radius 1 is 1.19 bits per heavy atom. The highest BCUT2D eigenvalue weighted by molar-refractivity contribution is 7.98. The molecule has 2 N–H and O–H groups in total. The molecule has 4 rings (SSSR count). The van der Waals surface area contributed by atoms with Crippen LogP contribution in [0, 0.1) is 11.3 Å². The fraction of sp³-hybridized carbons (Fsp3) is 0.0526. The van der Waals surface area contributed by atoms with Crippen LogP contribution in [0.25, 0.3) is 16.9 Å². The first-order valence-corrected chi connectivity index (χ1v) is 9.47. The highest BCUT2D eigenvalue weighted by atomic mass is 35.5. The summed E-state index contributed by atoms with van der Waals surface area (Å²) in [6, 6.07) is 17.8. The maximum atomic E-state index is 9.33. The standard InChI is InChI=1S/C19H14ClN5S/c1-26-14-8-6-12(7-9-14)17-19(23-16-5-3-2-4-15(16)20)25-18(24-17)13(10-21)11-22-25/h2-9,11,22-23H,1H3. The lowest BCUT2D eigenvalue weighted by Gasteiger charge is -2.10. The Balaban J connectivity index is 1.89. The van der Waals surface area contributed by atoms with Gasteiger partial charge in [-0.1, -0.05) is 35.9 Å². The summed E-state index contributed by atoms with van der Waals surface area (Å²) in [6.07, 6.45) is 3.68. The van der Waals surface area contributed by atoms with E-state index < -0.39 is 0 Å². The highest BCUT2D eigenvalue weighted by Crippen LogP contribution is 2.34. The number of halogens is 1. The summed E-state index contributed by atoms with van der Waals surface area (Å²) < 4.78 is 1.76. The van der Waals surface area contributed by atoms with Crippen LogP contribution in [-0.4, -0.2) is 20.9 Å². The van der Waals surface area contributed by atoms with E-state index in [9.17, 15) is 5.26 Å². The number of nitrogens with one attached hydrogen (secondary N) is 2. The average Bonchev–Trinajstić information content (AvgIpc) is 3.23. The molecule has 0 aliphatic rings. The van der Waals surface area contributed by atoms with Gasteiger partial charge in [-0.2, -0.15) is 5.26 Å². The van der Waals surface area contributed by atoms with Crippen LogP contribution in [0.4, 0.5) is 11.5 Å². The summed E-state index contributed by atoms with van der Waals surface area (Å²) in [4.78, 5) is 5.87.